The zero-order chi connectivity index (χ0) is 19.4. The normalized spacial score (nSPS) is 11.4. The minimum absolute atomic E-state index is 0.0119. The van der Waals surface area contributed by atoms with Gasteiger partial charge >= 0.3 is 0 Å². The number of benzene rings is 2. The van der Waals surface area contributed by atoms with Gasteiger partial charge in [0.05, 0.1) is 23.9 Å². The van der Waals surface area contributed by atoms with Crippen LogP contribution in [0.3, 0.4) is 0 Å². The number of ether oxygens (including phenoxy) is 1. The summed E-state index contributed by atoms with van der Waals surface area (Å²) in [4.78, 5) is 4.37. The Morgan fingerprint density at radius 1 is 1.19 bits per heavy atom. The highest BCUT2D eigenvalue weighted by atomic mass is 32.2. The van der Waals surface area contributed by atoms with Crippen LogP contribution in [0.15, 0.2) is 64.6 Å². The summed E-state index contributed by atoms with van der Waals surface area (Å²) in [7, 11) is -2.20. The van der Waals surface area contributed by atoms with Crippen molar-refractivity contribution in [2.24, 2.45) is 10.1 Å². The van der Waals surface area contributed by atoms with Crippen molar-refractivity contribution in [2.45, 2.75) is 4.90 Å². The predicted molar refractivity (Wildman–Crippen MR) is 99.9 cm³/mol. The van der Waals surface area contributed by atoms with Gasteiger partial charge in [-0.05, 0) is 54.1 Å². The van der Waals surface area contributed by atoms with Crippen LogP contribution in [-0.4, -0.2) is 31.5 Å². The topological polar surface area (TPSA) is 123 Å². The fourth-order valence-corrected chi connectivity index (χ4v) is 2.85. The number of methoxy groups -OCH3 is 1. The largest absolute Gasteiger partial charge is 0.497 e. The van der Waals surface area contributed by atoms with Gasteiger partial charge in [-0.25, -0.2) is 23.2 Å². The van der Waals surface area contributed by atoms with Crippen molar-refractivity contribution < 1.29 is 13.2 Å². The highest BCUT2D eigenvalue weighted by molar-refractivity contribution is 7.89. The Morgan fingerprint density at radius 2 is 1.85 bits per heavy atom. The van der Waals surface area contributed by atoms with E-state index in [0.717, 1.165) is 11.3 Å². The minimum Gasteiger partial charge on any atom is -0.497 e. The van der Waals surface area contributed by atoms with E-state index in [-0.39, 0.29) is 10.5 Å². The number of aliphatic imine (C=N–C) groups is 1. The van der Waals surface area contributed by atoms with Crippen LogP contribution in [0, 0.1) is 11.3 Å². The first-order chi connectivity index (χ1) is 12.9. The average molecular weight is 381 g/mol. The van der Waals surface area contributed by atoms with Crippen LogP contribution in [-0.2, 0) is 10.0 Å². The van der Waals surface area contributed by atoms with Crippen molar-refractivity contribution in [2.75, 3.05) is 7.11 Å². The van der Waals surface area contributed by atoms with Gasteiger partial charge in [0.1, 0.15) is 17.4 Å². The second kappa shape index (κ2) is 7.41. The first kappa shape index (κ1) is 18.3. The lowest BCUT2D eigenvalue weighted by atomic mass is 10.2. The number of aromatic nitrogens is 2. The third-order valence-corrected chi connectivity index (χ3v) is 4.66. The van der Waals surface area contributed by atoms with Crippen LogP contribution < -0.4 is 9.88 Å². The molecule has 8 nitrogen and oxygen atoms in total. The lowest BCUT2D eigenvalue weighted by Crippen LogP contribution is -2.12. The van der Waals surface area contributed by atoms with E-state index in [9.17, 15) is 13.7 Å². The molecule has 0 fully saturated rings. The molecule has 1 aromatic heterocycles. The molecule has 2 aromatic carbocycles. The number of hydrogen-bond donors (Lipinski definition) is 1. The van der Waals surface area contributed by atoms with Crippen molar-refractivity contribution in [3.8, 4) is 17.5 Å². The van der Waals surface area contributed by atoms with E-state index < -0.39 is 10.0 Å². The van der Waals surface area contributed by atoms with Gasteiger partial charge in [0.2, 0.25) is 10.0 Å². The molecule has 27 heavy (non-hydrogen) atoms. The Labute approximate surface area is 156 Å². The van der Waals surface area contributed by atoms with E-state index in [2.05, 4.69) is 10.1 Å². The van der Waals surface area contributed by atoms with Crippen molar-refractivity contribution in [1.29, 1.82) is 5.26 Å². The molecule has 0 amide bonds. The summed E-state index contributed by atoms with van der Waals surface area (Å²) < 4.78 is 29.3. The molecule has 3 rings (SSSR count). The number of hydrogen-bond acceptors (Lipinski definition) is 6. The van der Waals surface area contributed by atoms with Crippen LogP contribution in [0.5, 0.6) is 5.75 Å². The number of nitrogens with two attached hydrogens (primary N) is 1. The quantitative estimate of drug-likeness (QED) is 0.678. The number of nitrogens with zero attached hydrogens (tertiary/aromatic N) is 4. The molecule has 0 saturated carbocycles. The Hall–Kier alpha value is -3.48. The van der Waals surface area contributed by atoms with Gasteiger partial charge in [0, 0.05) is 6.21 Å². The van der Waals surface area contributed by atoms with Gasteiger partial charge in [0.25, 0.3) is 0 Å². The van der Waals surface area contributed by atoms with Crippen molar-refractivity contribution in [1.82, 2.24) is 9.78 Å². The fourth-order valence-electron chi connectivity index (χ4n) is 2.34. The van der Waals surface area contributed by atoms with Crippen LogP contribution in [0.2, 0.25) is 0 Å². The highest BCUT2D eigenvalue weighted by Gasteiger charge is 2.13. The average Bonchev–Trinajstić information content (AvgIpc) is 3.09. The lowest BCUT2D eigenvalue weighted by molar-refractivity contribution is 0.415. The molecule has 0 atom stereocenters. The molecular formula is C18H15N5O3S. The van der Waals surface area contributed by atoms with Crippen LogP contribution in [0.1, 0.15) is 11.1 Å². The Kier molecular flexibility index (Phi) is 5.03. The van der Waals surface area contributed by atoms with Gasteiger partial charge < -0.3 is 4.74 Å². The van der Waals surface area contributed by atoms with E-state index >= 15 is 0 Å². The summed E-state index contributed by atoms with van der Waals surface area (Å²) in [5.41, 5.74) is 1.65. The first-order valence-corrected chi connectivity index (χ1v) is 9.26. The van der Waals surface area contributed by atoms with Crippen LogP contribution in [0.4, 0.5) is 5.82 Å². The van der Waals surface area contributed by atoms with Crippen molar-refractivity contribution in [3.63, 3.8) is 0 Å². The Balaban J connectivity index is 1.97. The summed E-state index contributed by atoms with van der Waals surface area (Å²) in [6.45, 7) is 0. The first-order valence-electron chi connectivity index (χ1n) is 7.72. The van der Waals surface area contributed by atoms with E-state index in [4.69, 9.17) is 9.88 Å². The molecule has 0 aliphatic carbocycles. The second-order valence-electron chi connectivity index (χ2n) is 5.48. The Morgan fingerprint density at radius 3 is 2.41 bits per heavy atom. The molecule has 0 aliphatic heterocycles. The third-order valence-electron chi connectivity index (χ3n) is 3.73. The molecule has 9 heteroatoms. The molecule has 3 aromatic rings. The summed E-state index contributed by atoms with van der Waals surface area (Å²) in [5, 5.41) is 18.6. The maximum absolute atomic E-state index is 11.4. The molecule has 0 unspecified atom stereocenters. The second-order valence-corrected chi connectivity index (χ2v) is 7.04. The molecule has 0 bridgehead atoms. The summed E-state index contributed by atoms with van der Waals surface area (Å²) >= 11 is 0. The smallest absolute Gasteiger partial charge is 0.238 e. The van der Waals surface area contributed by atoms with Gasteiger partial charge in [-0.1, -0.05) is 0 Å². The molecule has 0 saturated heterocycles. The predicted octanol–water partition coefficient (Wildman–Crippen LogP) is 2.15. The zero-order valence-electron chi connectivity index (χ0n) is 14.3. The number of sulfonamides is 1. The molecule has 136 valence electrons. The Bertz CT molecular complexity index is 1130. The van der Waals surface area contributed by atoms with Gasteiger partial charge in [0.15, 0.2) is 5.82 Å². The van der Waals surface area contributed by atoms with E-state index in [1.54, 1.807) is 37.6 Å². The van der Waals surface area contributed by atoms with E-state index in [1.165, 1.54) is 23.0 Å². The molecule has 1 heterocycles. The zero-order valence-corrected chi connectivity index (χ0v) is 15.1. The summed E-state index contributed by atoms with van der Waals surface area (Å²) in [6, 6.07) is 15.1. The van der Waals surface area contributed by atoms with Crippen molar-refractivity contribution >= 4 is 22.1 Å². The van der Waals surface area contributed by atoms with Gasteiger partial charge in [-0.2, -0.15) is 10.4 Å². The van der Waals surface area contributed by atoms with E-state index in [1.807, 2.05) is 18.2 Å². The maximum Gasteiger partial charge on any atom is 0.238 e. The maximum atomic E-state index is 11.4. The number of primary sulfonamides is 1. The molecular weight excluding hydrogens is 366 g/mol. The molecule has 0 radical (unpaired) electrons. The third kappa shape index (κ3) is 4.03. The SMILES string of the molecule is COc1ccc(C=Nc2c(C#N)cnn2-c2ccc(S(N)(=O)=O)cc2)cc1. The summed E-state index contributed by atoms with van der Waals surface area (Å²) in [6.07, 6.45) is 3.00. The van der Waals surface area contributed by atoms with E-state index in [0.29, 0.717) is 11.5 Å². The van der Waals surface area contributed by atoms with Crippen LogP contribution >= 0.6 is 0 Å². The van der Waals surface area contributed by atoms with Crippen molar-refractivity contribution in [3.05, 3.63) is 65.9 Å². The molecule has 2 N–H and O–H groups in total. The van der Waals surface area contributed by atoms with Gasteiger partial charge in [-0.3, -0.25) is 0 Å². The molecule has 0 spiro atoms. The molecule has 0 aliphatic rings. The number of rotatable bonds is 5. The standard InChI is InChI=1S/C18H15N5O3S/c1-26-16-6-2-13(3-7-16)11-21-18-14(10-19)12-22-23(18)15-4-8-17(9-5-15)27(20,24)25/h2-9,11-12H,1H3,(H2,20,24,25). The minimum atomic E-state index is -3.79. The summed E-state index contributed by atoms with van der Waals surface area (Å²) in [5.74, 6) is 1.06. The monoisotopic (exact) mass is 381 g/mol. The fraction of sp³-hybridized carbons (Fsp3) is 0.0556. The lowest BCUT2D eigenvalue weighted by Gasteiger charge is -2.05. The number of nitriles is 1. The highest BCUT2D eigenvalue weighted by Crippen LogP contribution is 2.23. The van der Waals surface area contributed by atoms with Gasteiger partial charge in [-0.15, -0.1) is 0 Å². The van der Waals surface area contributed by atoms with Crippen LogP contribution in [0.25, 0.3) is 5.69 Å².